The van der Waals surface area contributed by atoms with Crippen molar-refractivity contribution in [1.82, 2.24) is 5.32 Å². The van der Waals surface area contributed by atoms with Gasteiger partial charge < -0.3 is 5.32 Å². The van der Waals surface area contributed by atoms with E-state index in [9.17, 15) is 5.11 Å². The maximum absolute atomic E-state index is 9.91. The van der Waals surface area contributed by atoms with Crippen molar-refractivity contribution in [2.75, 3.05) is 6.54 Å². The molecule has 0 fully saturated rings. The third-order valence-corrected chi connectivity index (χ3v) is 0.664. The molecule has 0 aliphatic carbocycles. The zero-order valence-electron chi connectivity index (χ0n) is 4.23. The molecule has 0 spiro atoms. The molecule has 3 heteroatoms. The lowest BCUT2D eigenvalue weighted by Crippen LogP contribution is -2.19. The molecule has 0 unspecified atom stereocenters. The van der Waals surface area contributed by atoms with Crippen LogP contribution in [0.3, 0.4) is 0 Å². The van der Waals surface area contributed by atoms with Gasteiger partial charge in [0.15, 0.2) is 0 Å². The van der Waals surface area contributed by atoms with Crippen molar-refractivity contribution in [2.45, 2.75) is 13.3 Å². The molecule has 0 aliphatic rings. The molecular weight excluding hydrogens is 110 g/mol. The predicted octanol–water partition coefficient (Wildman–Crippen LogP) is 0.701. The van der Waals surface area contributed by atoms with Crippen LogP contribution in [0.5, 0.6) is 0 Å². The number of hydrogen-bond donors (Lipinski definition) is 1. The van der Waals surface area contributed by atoms with E-state index in [0.29, 0.717) is 6.54 Å². The fraction of sp³-hybridized carbons (Fsp3) is 0.750. The lowest BCUT2D eigenvalue weighted by atomic mass is 10.5. The van der Waals surface area contributed by atoms with Crippen LogP contribution >= 0.6 is 12.2 Å². The van der Waals surface area contributed by atoms with Crippen LogP contribution in [0.15, 0.2) is 0 Å². The summed E-state index contributed by atoms with van der Waals surface area (Å²) in [4.78, 5) is 0. The number of hydrogen-bond acceptors (Lipinski definition) is 1. The summed E-state index contributed by atoms with van der Waals surface area (Å²) in [5, 5.41) is 12.0. The van der Waals surface area contributed by atoms with Gasteiger partial charge in [-0.1, -0.05) is 6.92 Å². The average Bonchev–Trinajstić information content (AvgIpc) is 1.61. The third-order valence-electron chi connectivity index (χ3n) is 0.519. The summed E-state index contributed by atoms with van der Waals surface area (Å²) < 4.78 is 0. The normalized spacial score (nSPS) is 8.14. The van der Waals surface area contributed by atoms with Gasteiger partial charge in [-0.15, -0.1) is 0 Å². The Morgan fingerprint density at radius 2 is 2.43 bits per heavy atom. The largest absolute Gasteiger partial charge is 0.343 e. The van der Waals surface area contributed by atoms with E-state index < -0.39 is 0 Å². The standard InChI is InChI=1S/C4H8NOS/c1-2-3-5-4(6)7/h2-3H2,1H3,(H,5,7). The van der Waals surface area contributed by atoms with Gasteiger partial charge in [0, 0.05) is 6.54 Å². The molecule has 0 bridgehead atoms. The second-order valence-corrected chi connectivity index (χ2v) is 1.59. The zero-order chi connectivity index (χ0) is 5.70. The highest BCUT2D eigenvalue weighted by molar-refractivity contribution is 7.79. The summed E-state index contributed by atoms with van der Waals surface area (Å²) in [6, 6.07) is 0. The van der Waals surface area contributed by atoms with Crippen molar-refractivity contribution < 1.29 is 5.11 Å². The molecule has 2 nitrogen and oxygen atoms in total. The first-order valence-electron chi connectivity index (χ1n) is 2.22. The molecule has 0 atom stereocenters. The Bertz CT molecular complexity index is 64.7. The Morgan fingerprint density at radius 1 is 1.86 bits per heavy atom. The molecular formula is C4H8NOS. The summed E-state index contributed by atoms with van der Waals surface area (Å²) in [6.45, 7) is 2.67. The molecule has 1 N–H and O–H groups in total. The monoisotopic (exact) mass is 118 g/mol. The SMILES string of the molecule is CCCNC([O])=S. The summed E-state index contributed by atoms with van der Waals surface area (Å²) in [7, 11) is 0. The highest BCUT2D eigenvalue weighted by Crippen LogP contribution is 1.69. The van der Waals surface area contributed by atoms with Crippen molar-refractivity contribution in [3.05, 3.63) is 0 Å². The van der Waals surface area contributed by atoms with Crippen LogP contribution < -0.4 is 5.32 Å². The minimum Gasteiger partial charge on any atom is -0.343 e. The fourth-order valence-electron chi connectivity index (χ4n) is 0.227. The highest BCUT2D eigenvalue weighted by atomic mass is 32.1. The van der Waals surface area contributed by atoms with Gasteiger partial charge in [-0.25, -0.2) is 0 Å². The van der Waals surface area contributed by atoms with Crippen LogP contribution in [0.2, 0.25) is 0 Å². The van der Waals surface area contributed by atoms with Gasteiger partial charge >= 0.3 is 5.17 Å². The predicted molar refractivity (Wildman–Crippen MR) is 31.6 cm³/mol. The van der Waals surface area contributed by atoms with Crippen molar-refractivity contribution >= 4 is 17.4 Å². The van der Waals surface area contributed by atoms with Crippen molar-refractivity contribution in [1.29, 1.82) is 0 Å². The lowest BCUT2D eigenvalue weighted by Gasteiger charge is -1.92. The van der Waals surface area contributed by atoms with Gasteiger partial charge in [0.2, 0.25) is 0 Å². The van der Waals surface area contributed by atoms with E-state index in [1.165, 1.54) is 0 Å². The van der Waals surface area contributed by atoms with E-state index in [1.807, 2.05) is 6.92 Å². The van der Waals surface area contributed by atoms with Crippen LogP contribution in [-0.2, 0) is 5.11 Å². The fourth-order valence-corrected chi connectivity index (χ4v) is 0.329. The first-order valence-corrected chi connectivity index (χ1v) is 2.63. The third kappa shape index (κ3) is 5.69. The van der Waals surface area contributed by atoms with E-state index in [1.54, 1.807) is 0 Å². The second-order valence-electron chi connectivity index (χ2n) is 1.21. The molecule has 0 rings (SSSR count). The van der Waals surface area contributed by atoms with Crippen molar-refractivity contribution in [3.8, 4) is 0 Å². The summed E-state index contributed by atoms with van der Waals surface area (Å²) >= 11 is 4.19. The van der Waals surface area contributed by atoms with E-state index in [-0.39, 0.29) is 5.17 Å². The molecule has 0 saturated carbocycles. The van der Waals surface area contributed by atoms with Crippen LogP contribution in [0.25, 0.3) is 0 Å². The zero-order valence-corrected chi connectivity index (χ0v) is 5.05. The van der Waals surface area contributed by atoms with Gasteiger partial charge in [0.05, 0.1) is 0 Å². The number of rotatable bonds is 2. The Hall–Kier alpha value is -0.310. The van der Waals surface area contributed by atoms with Gasteiger partial charge in [-0.05, 0) is 18.6 Å². The molecule has 0 aromatic heterocycles. The molecule has 0 aromatic carbocycles. The molecule has 0 amide bonds. The molecule has 0 saturated heterocycles. The molecule has 0 aliphatic heterocycles. The van der Waals surface area contributed by atoms with Crippen molar-refractivity contribution in [2.24, 2.45) is 0 Å². The van der Waals surface area contributed by atoms with Crippen molar-refractivity contribution in [3.63, 3.8) is 0 Å². The quantitative estimate of drug-likeness (QED) is 0.541. The first-order chi connectivity index (χ1) is 3.27. The van der Waals surface area contributed by atoms with E-state index >= 15 is 0 Å². The van der Waals surface area contributed by atoms with Gasteiger partial charge in [-0.2, -0.15) is 0 Å². The maximum Gasteiger partial charge on any atom is 0.310 e. The Kier molecular flexibility index (Phi) is 3.69. The smallest absolute Gasteiger partial charge is 0.310 e. The second kappa shape index (κ2) is 3.87. The van der Waals surface area contributed by atoms with Crippen LogP contribution in [-0.4, -0.2) is 11.7 Å². The molecule has 1 radical (unpaired) electrons. The first kappa shape index (κ1) is 6.69. The van der Waals surface area contributed by atoms with E-state index in [2.05, 4.69) is 17.5 Å². The molecule has 0 aromatic rings. The van der Waals surface area contributed by atoms with Crippen LogP contribution in [0.1, 0.15) is 13.3 Å². The highest BCUT2D eigenvalue weighted by Gasteiger charge is 1.85. The maximum atomic E-state index is 9.91. The Balaban J connectivity index is 2.82. The van der Waals surface area contributed by atoms with Crippen LogP contribution in [0.4, 0.5) is 0 Å². The van der Waals surface area contributed by atoms with Gasteiger partial charge in [0.25, 0.3) is 0 Å². The minimum atomic E-state index is -0.359. The summed E-state index contributed by atoms with van der Waals surface area (Å²) in [5.41, 5.74) is 0. The average molecular weight is 118 g/mol. The lowest BCUT2D eigenvalue weighted by molar-refractivity contribution is 0.415. The topological polar surface area (TPSA) is 31.9 Å². The van der Waals surface area contributed by atoms with Gasteiger partial charge in [0.1, 0.15) is 0 Å². The Labute approximate surface area is 48.5 Å². The Morgan fingerprint density at radius 3 is 2.57 bits per heavy atom. The minimum absolute atomic E-state index is 0.359. The number of nitrogens with one attached hydrogen (secondary N) is 1. The molecule has 0 heterocycles. The van der Waals surface area contributed by atoms with E-state index in [4.69, 9.17) is 0 Å². The summed E-state index contributed by atoms with van der Waals surface area (Å²) in [6.07, 6.45) is 0.947. The molecule has 41 valence electrons. The van der Waals surface area contributed by atoms with E-state index in [0.717, 1.165) is 6.42 Å². The molecule has 7 heavy (non-hydrogen) atoms. The van der Waals surface area contributed by atoms with Crippen LogP contribution in [0, 0.1) is 0 Å². The summed E-state index contributed by atoms with van der Waals surface area (Å²) in [5.74, 6) is 0. The number of thiocarbonyl (C=S) groups is 1. The van der Waals surface area contributed by atoms with Gasteiger partial charge in [-0.3, -0.25) is 5.11 Å².